The number of aryl methyl sites for hydroxylation is 1. The van der Waals surface area contributed by atoms with Gasteiger partial charge in [-0.3, -0.25) is 4.79 Å². The molecular weight excluding hydrogens is 284 g/mol. The Bertz CT molecular complexity index is 723. The summed E-state index contributed by atoms with van der Waals surface area (Å²) >= 11 is 0. The van der Waals surface area contributed by atoms with E-state index in [9.17, 15) is 14.7 Å². The van der Waals surface area contributed by atoms with Gasteiger partial charge in [0.15, 0.2) is 0 Å². The molecule has 0 radical (unpaired) electrons. The first-order chi connectivity index (χ1) is 10.4. The molecule has 0 fully saturated rings. The van der Waals surface area contributed by atoms with Crippen molar-refractivity contribution < 1.29 is 23.8 Å². The molecule has 0 atom stereocenters. The van der Waals surface area contributed by atoms with Crippen LogP contribution in [0.5, 0.6) is 5.95 Å². The first-order valence-electron chi connectivity index (χ1n) is 7.07. The molecular formula is C17H18O5. The lowest BCUT2D eigenvalue weighted by atomic mass is 9.96. The van der Waals surface area contributed by atoms with Crippen LogP contribution >= 0.6 is 0 Å². The zero-order valence-electron chi connectivity index (χ0n) is 12.9. The van der Waals surface area contributed by atoms with Crippen molar-refractivity contribution in [2.45, 2.75) is 33.6 Å². The lowest BCUT2D eigenvalue weighted by Crippen LogP contribution is -2.06. The van der Waals surface area contributed by atoms with Crippen molar-refractivity contribution >= 4 is 17.5 Å². The largest absolute Gasteiger partial charge is 0.478 e. The molecule has 1 aliphatic carbocycles. The van der Waals surface area contributed by atoms with Gasteiger partial charge in [0, 0.05) is 23.6 Å². The fourth-order valence-electron chi connectivity index (χ4n) is 2.56. The number of rotatable bonds is 5. The second-order valence-electron chi connectivity index (χ2n) is 4.96. The number of carboxylic acids is 1. The average Bonchev–Trinajstić information content (AvgIpc) is 2.84. The van der Waals surface area contributed by atoms with Crippen molar-refractivity contribution in [1.29, 1.82) is 0 Å². The maximum atomic E-state index is 11.3. The number of ether oxygens (including phenoxy) is 1. The van der Waals surface area contributed by atoms with Crippen LogP contribution in [0.4, 0.5) is 0 Å². The summed E-state index contributed by atoms with van der Waals surface area (Å²) in [4.78, 5) is 22.5. The lowest BCUT2D eigenvalue weighted by molar-refractivity contribution is -0.133. The summed E-state index contributed by atoms with van der Waals surface area (Å²) in [6.45, 7) is 8.81. The van der Waals surface area contributed by atoms with Gasteiger partial charge >= 0.3 is 11.9 Å². The van der Waals surface area contributed by atoms with Gasteiger partial charge in [-0.1, -0.05) is 20.4 Å². The summed E-state index contributed by atoms with van der Waals surface area (Å²) in [5.74, 6) is -1.46. The van der Waals surface area contributed by atoms with E-state index >= 15 is 0 Å². The highest BCUT2D eigenvalue weighted by molar-refractivity contribution is 6.17. The maximum absolute atomic E-state index is 11.3. The first kappa shape index (κ1) is 15.8. The predicted octanol–water partition coefficient (Wildman–Crippen LogP) is 3.53. The van der Waals surface area contributed by atoms with Crippen LogP contribution in [0, 0.1) is 0 Å². The summed E-state index contributed by atoms with van der Waals surface area (Å²) in [5, 5.41) is 9.25. The van der Waals surface area contributed by atoms with E-state index in [-0.39, 0.29) is 11.5 Å². The normalized spacial score (nSPS) is 10.7. The highest BCUT2D eigenvalue weighted by Gasteiger charge is 2.26. The number of hydrogen-bond acceptors (Lipinski definition) is 4. The number of fused-ring (bicyclic) bond motifs is 1. The number of aliphatic carboxylic acids is 1. The number of carbonyl (C=O) groups excluding carboxylic acids is 1. The Hall–Kier alpha value is -2.56. The van der Waals surface area contributed by atoms with E-state index in [1.54, 1.807) is 0 Å². The number of esters is 1. The van der Waals surface area contributed by atoms with Gasteiger partial charge in [-0.15, -0.1) is 0 Å². The molecule has 1 N–H and O–H groups in total. The van der Waals surface area contributed by atoms with Crippen molar-refractivity contribution in [2.75, 3.05) is 0 Å². The van der Waals surface area contributed by atoms with Gasteiger partial charge < -0.3 is 14.3 Å². The Balaban J connectivity index is 2.77. The Morgan fingerprint density at radius 1 is 1.32 bits per heavy atom. The van der Waals surface area contributed by atoms with Crippen molar-refractivity contribution in [1.82, 2.24) is 0 Å². The Morgan fingerprint density at radius 2 is 2.00 bits per heavy atom. The highest BCUT2D eigenvalue weighted by Crippen LogP contribution is 2.43. The molecule has 0 saturated heterocycles. The van der Waals surface area contributed by atoms with Crippen molar-refractivity contribution in [3.8, 4) is 17.1 Å². The van der Waals surface area contributed by atoms with Gasteiger partial charge in [-0.2, -0.15) is 0 Å². The van der Waals surface area contributed by atoms with Gasteiger partial charge in [0.05, 0.1) is 5.57 Å². The van der Waals surface area contributed by atoms with Crippen LogP contribution in [0.15, 0.2) is 23.3 Å². The van der Waals surface area contributed by atoms with E-state index in [0.717, 1.165) is 23.1 Å². The zero-order chi connectivity index (χ0) is 16.4. The van der Waals surface area contributed by atoms with Crippen molar-refractivity contribution in [2.24, 2.45) is 0 Å². The Labute approximate surface area is 128 Å². The van der Waals surface area contributed by atoms with Crippen LogP contribution in [0.25, 0.3) is 16.7 Å². The molecule has 0 amide bonds. The molecule has 1 aliphatic heterocycles. The molecule has 0 aromatic carbocycles. The molecule has 0 saturated carbocycles. The monoisotopic (exact) mass is 302 g/mol. The second-order valence-corrected chi connectivity index (χ2v) is 4.96. The SMILES string of the molecule is C=C(C(=O)O)c1cc(CC)c2coc(OC(C)=O)c(CC)c1-2. The van der Waals surface area contributed by atoms with Crippen LogP contribution < -0.4 is 4.74 Å². The molecule has 0 spiro atoms. The van der Waals surface area contributed by atoms with E-state index in [4.69, 9.17) is 9.15 Å². The molecule has 5 nitrogen and oxygen atoms in total. The van der Waals surface area contributed by atoms with Gasteiger partial charge in [0.1, 0.15) is 6.26 Å². The number of hydrogen-bond donors (Lipinski definition) is 1. The quantitative estimate of drug-likeness (QED) is 0.675. The standard InChI is InChI=1S/C17H18O5/c1-5-11-7-13(9(3)16(19)20)15-12(6-2)17(22-10(4)18)21-8-14(11)15/h7-8H,3,5-6H2,1-2,4H3,(H,19,20). The minimum absolute atomic E-state index is 0.0133. The van der Waals surface area contributed by atoms with E-state index < -0.39 is 11.9 Å². The molecule has 116 valence electrons. The fourth-order valence-corrected chi connectivity index (χ4v) is 2.56. The third-order valence-electron chi connectivity index (χ3n) is 3.59. The maximum Gasteiger partial charge on any atom is 0.335 e. The third kappa shape index (κ3) is 2.62. The fraction of sp³-hybridized carbons (Fsp3) is 0.294. The van der Waals surface area contributed by atoms with E-state index in [2.05, 4.69) is 6.58 Å². The van der Waals surface area contributed by atoms with E-state index in [1.807, 2.05) is 19.9 Å². The molecule has 0 aromatic heterocycles. The second kappa shape index (κ2) is 6.05. The molecule has 2 aliphatic rings. The molecule has 0 bridgehead atoms. The molecule has 0 unspecified atom stereocenters. The van der Waals surface area contributed by atoms with Crippen molar-refractivity contribution in [3.05, 3.63) is 35.6 Å². The Kier molecular flexibility index (Phi) is 4.35. The zero-order valence-corrected chi connectivity index (χ0v) is 12.9. The Morgan fingerprint density at radius 3 is 2.50 bits per heavy atom. The molecule has 0 aromatic rings. The van der Waals surface area contributed by atoms with Crippen molar-refractivity contribution in [3.63, 3.8) is 0 Å². The number of carbonyl (C=O) groups is 2. The summed E-state index contributed by atoms with van der Waals surface area (Å²) in [6.07, 6.45) is 2.77. The van der Waals surface area contributed by atoms with E-state index in [0.29, 0.717) is 17.5 Å². The molecule has 5 heteroatoms. The van der Waals surface area contributed by atoms with Crippen LogP contribution in [0.1, 0.15) is 37.5 Å². The first-order valence-corrected chi connectivity index (χ1v) is 7.07. The third-order valence-corrected chi connectivity index (χ3v) is 3.59. The summed E-state index contributed by atoms with van der Waals surface area (Å²) in [6, 6.07) is 1.81. The highest BCUT2D eigenvalue weighted by atomic mass is 16.6. The van der Waals surface area contributed by atoms with Gasteiger partial charge in [-0.05, 0) is 30.0 Å². The minimum atomic E-state index is -1.08. The topological polar surface area (TPSA) is 76.7 Å². The predicted molar refractivity (Wildman–Crippen MR) is 82.1 cm³/mol. The van der Waals surface area contributed by atoms with E-state index in [1.165, 1.54) is 13.2 Å². The van der Waals surface area contributed by atoms with Crippen LogP contribution in [0.2, 0.25) is 0 Å². The lowest BCUT2D eigenvalue weighted by Gasteiger charge is -2.13. The molecule has 1 heterocycles. The van der Waals surface area contributed by atoms with Gasteiger partial charge in [0.25, 0.3) is 5.95 Å². The smallest absolute Gasteiger partial charge is 0.335 e. The van der Waals surface area contributed by atoms with Crippen LogP contribution in [0.3, 0.4) is 0 Å². The van der Waals surface area contributed by atoms with Crippen LogP contribution in [-0.4, -0.2) is 17.0 Å². The summed E-state index contributed by atoms with van der Waals surface area (Å²) in [5.41, 5.74) is 3.76. The summed E-state index contributed by atoms with van der Waals surface area (Å²) < 4.78 is 10.5. The number of carboxylic acid groups (broad SMARTS) is 1. The summed E-state index contributed by atoms with van der Waals surface area (Å²) in [7, 11) is 0. The molecule has 2 rings (SSSR count). The average molecular weight is 302 g/mol. The van der Waals surface area contributed by atoms with Crippen LogP contribution in [-0.2, 0) is 22.4 Å². The minimum Gasteiger partial charge on any atom is -0.478 e. The van der Waals surface area contributed by atoms with Gasteiger partial charge in [0.2, 0.25) is 0 Å². The van der Waals surface area contributed by atoms with Gasteiger partial charge in [-0.25, -0.2) is 4.79 Å². The molecule has 22 heavy (non-hydrogen) atoms.